The first kappa shape index (κ1) is 13.1. The molecule has 1 aliphatic rings. The first-order valence-electron chi connectivity index (χ1n) is 7.66. The number of hydrogen-bond acceptors (Lipinski definition) is 1. The molecule has 0 N–H and O–H groups in total. The summed E-state index contributed by atoms with van der Waals surface area (Å²) in [5, 5.41) is 0. The highest BCUT2D eigenvalue weighted by molar-refractivity contribution is 5.59. The summed E-state index contributed by atoms with van der Waals surface area (Å²) in [6.07, 6.45) is 0. The first-order valence-corrected chi connectivity index (χ1v) is 7.66. The van der Waals surface area contributed by atoms with Crippen LogP contribution in [0.3, 0.4) is 0 Å². The molecular weight excluding hydrogens is 268 g/mol. The van der Waals surface area contributed by atoms with Crippen molar-refractivity contribution in [3.63, 3.8) is 0 Å². The maximum atomic E-state index is 6.14. The van der Waals surface area contributed by atoms with E-state index >= 15 is 0 Å². The van der Waals surface area contributed by atoms with E-state index in [9.17, 15) is 0 Å². The van der Waals surface area contributed by atoms with Crippen LogP contribution in [0.5, 0.6) is 11.5 Å². The van der Waals surface area contributed by atoms with Gasteiger partial charge in [0, 0.05) is 17.0 Å². The van der Waals surface area contributed by atoms with Crippen molar-refractivity contribution in [1.82, 2.24) is 0 Å². The SMILES string of the molecule is Cc1ccc2c(c1)C(c1ccccc1)c1cc(C)ccc1O2. The molecule has 0 atom stereocenters. The summed E-state index contributed by atoms with van der Waals surface area (Å²) in [6, 6.07) is 23.6. The van der Waals surface area contributed by atoms with E-state index in [0.717, 1.165) is 11.5 Å². The van der Waals surface area contributed by atoms with Gasteiger partial charge in [-0.15, -0.1) is 0 Å². The highest BCUT2D eigenvalue weighted by Gasteiger charge is 2.28. The van der Waals surface area contributed by atoms with Crippen LogP contribution in [0.2, 0.25) is 0 Å². The number of fused-ring (bicyclic) bond motifs is 2. The van der Waals surface area contributed by atoms with E-state index < -0.39 is 0 Å². The fraction of sp³-hybridized carbons (Fsp3) is 0.143. The standard InChI is InChI=1S/C21H18O/c1-14-8-10-19-17(12-14)21(16-6-4-3-5-7-16)18-13-15(2)9-11-20(18)22-19/h3-13,21H,1-2H3. The quantitative estimate of drug-likeness (QED) is 0.443. The van der Waals surface area contributed by atoms with Gasteiger partial charge in [-0.3, -0.25) is 0 Å². The van der Waals surface area contributed by atoms with E-state index in [0.29, 0.717) is 0 Å². The van der Waals surface area contributed by atoms with E-state index in [2.05, 4.69) is 80.6 Å². The largest absolute Gasteiger partial charge is 0.457 e. The van der Waals surface area contributed by atoms with Crippen LogP contribution in [0.4, 0.5) is 0 Å². The molecule has 0 saturated heterocycles. The summed E-state index contributed by atoms with van der Waals surface area (Å²) >= 11 is 0. The lowest BCUT2D eigenvalue weighted by molar-refractivity contribution is 0.452. The van der Waals surface area contributed by atoms with E-state index in [-0.39, 0.29) is 5.92 Å². The molecule has 3 aromatic rings. The summed E-state index contributed by atoms with van der Waals surface area (Å²) in [5.41, 5.74) is 6.34. The van der Waals surface area contributed by atoms with Gasteiger partial charge in [0.1, 0.15) is 11.5 Å². The van der Waals surface area contributed by atoms with Crippen molar-refractivity contribution in [1.29, 1.82) is 0 Å². The number of aryl methyl sites for hydroxylation is 2. The van der Waals surface area contributed by atoms with E-state index in [1.807, 2.05) is 0 Å². The Hall–Kier alpha value is -2.54. The highest BCUT2D eigenvalue weighted by Crippen LogP contribution is 2.47. The Morgan fingerprint density at radius 3 is 1.77 bits per heavy atom. The molecule has 0 unspecified atom stereocenters. The fourth-order valence-electron chi connectivity index (χ4n) is 3.26. The molecule has 108 valence electrons. The van der Waals surface area contributed by atoms with Crippen LogP contribution in [0, 0.1) is 13.8 Å². The molecule has 1 heterocycles. The molecule has 0 amide bonds. The molecule has 4 rings (SSSR count). The molecule has 0 aliphatic carbocycles. The van der Waals surface area contributed by atoms with Gasteiger partial charge in [-0.1, -0.05) is 65.7 Å². The highest BCUT2D eigenvalue weighted by atomic mass is 16.5. The van der Waals surface area contributed by atoms with Crippen molar-refractivity contribution in [2.75, 3.05) is 0 Å². The van der Waals surface area contributed by atoms with Crippen LogP contribution in [0.1, 0.15) is 33.7 Å². The van der Waals surface area contributed by atoms with Gasteiger partial charge in [0.2, 0.25) is 0 Å². The molecule has 1 heteroatoms. The van der Waals surface area contributed by atoms with Gasteiger partial charge in [-0.2, -0.15) is 0 Å². The molecule has 0 spiro atoms. The normalized spacial score (nSPS) is 13.2. The Balaban J connectivity index is 1.99. The minimum absolute atomic E-state index is 0.236. The number of hydrogen-bond donors (Lipinski definition) is 0. The lowest BCUT2D eigenvalue weighted by Gasteiger charge is -2.29. The zero-order valence-corrected chi connectivity index (χ0v) is 12.8. The van der Waals surface area contributed by atoms with Crippen LogP contribution in [-0.2, 0) is 0 Å². The van der Waals surface area contributed by atoms with E-state index in [1.165, 1.54) is 27.8 Å². The van der Waals surface area contributed by atoms with Gasteiger partial charge in [0.25, 0.3) is 0 Å². The maximum absolute atomic E-state index is 6.14. The predicted molar refractivity (Wildman–Crippen MR) is 89.8 cm³/mol. The van der Waals surface area contributed by atoms with Gasteiger partial charge in [0.15, 0.2) is 0 Å². The van der Waals surface area contributed by atoms with E-state index in [1.54, 1.807) is 0 Å². The lowest BCUT2D eigenvalue weighted by Crippen LogP contribution is -2.12. The monoisotopic (exact) mass is 286 g/mol. The minimum atomic E-state index is 0.236. The van der Waals surface area contributed by atoms with Crippen LogP contribution in [0.15, 0.2) is 66.7 Å². The molecule has 1 aliphatic heterocycles. The molecule has 3 aromatic carbocycles. The van der Waals surface area contributed by atoms with Gasteiger partial charge < -0.3 is 4.74 Å². The third-order valence-corrected chi connectivity index (χ3v) is 4.31. The number of ether oxygens (including phenoxy) is 1. The average Bonchev–Trinajstić information content (AvgIpc) is 2.54. The molecule has 0 saturated carbocycles. The topological polar surface area (TPSA) is 9.23 Å². The summed E-state index contributed by atoms with van der Waals surface area (Å²) in [7, 11) is 0. The van der Waals surface area contributed by atoms with Crippen LogP contribution in [0.25, 0.3) is 0 Å². The second-order valence-corrected chi connectivity index (χ2v) is 6.03. The Labute approximate surface area is 131 Å². The second-order valence-electron chi connectivity index (χ2n) is 6.03. The summed E-state index contributed by atoms with van der Waals surface area (Å²) in [6.45, 7) is 4.27. The fourth-order valence-corrected chi connectivity index (χ4v) is 3.26. The Kier molecular flexibility index (Phi) is 3.00. The van der Waals surface area contributed by atoms with Crippen molar-refractivity contribution < 1.29 is 4.74 Å². The molecule has 0 aromatic heterocycles. The third-order valence-electron chi connectivity index (χ3n) is 4.31. The maximum Gasteiger partial charge on any atom is 0.131 e. The molecule has 0 bridgehead atoms. The van der Waals surface area contributed by atoms with Crippen molar-refractivity contribution in [2.24, 2.45) is 0 Å². The predicted octanol–water partition coefficient (Wildman–Crippen LogP) is 5.59. The van der Waals surface area contributed by atoms with Crippen molar-refractivity contribution >= 4 is 0 Å². The molecule has 1 nitrogen and oxygen atoms in total. The average molecular weight is 286 g/mol. The van der Waals surface area contributed by atoms with Crippen LogP contribution >= 0.6 is 0 Å². The zero-order valence-electron chi connectivity index (χ0n) is 12.8. The number of rotatable bonds is 1. The van der Waals surface area contributed by atoms with Gasteiger partial charge >= 0.3 is 0 Å². The van der Waals surface area contributed by atoms with E-state index in [4.69, 9.17) is 4.74 Å². The smallest absolute Gasteiger partial charge is 0.131 e. The zero-order chi connectivity index (χ0) is 15.1. The van der Waals surface area contributed by atoms with Crippen molar-refractivity contribution in [3.05, 3.63) is 94.5 Å². The summed E-state index contributed by atoms with van der Waals surface area (Å²) in [4.78, 5) is 0. The molecular formula is C21H18O. The third kappa shape index (κ3) is 2.10. The van der Waals surface area contributed by atoms with Crippen molar-refractivity contribution in [2.45, 2.75) is 19.8 Å². The number of benzene rings is 3. The summed E-state index contributed by atoms with van der Waals surface area (Å²) < 4.78 is 6.14. The minimum Gasteiger partial charge on any atom is -0.457 e. The molecule has 0 radical (unpaired) electrons. The molecule has 0 fully saturated rings. The van der Waals surface area contributed by atoms with Gasteiger partial charge in [0.05, 0.1) is 0 Å². The summed E-state index contributed by atoms with van der Waals surface area (Å²) in [5.74, 6) is 2.17. The Morgan fingerprint density at radius 1 is 0.682 bits per heavy atom. The first-order chi connectivity index (χ1) is 10.7. The van der Waals surface area contributed by atoms with Crippen LogP contribution in [-0.4, -0.2) is 0 Å². The van der Waals surface area contributed by atoms with Gasteiger partial charge in [-0.25, -0.2) is 0 Å². The lowest BCUT2D eigenvalue weighted by atomic mass is 9.81. The molecule has 22 heavy (non-hydrogen) atoms. The Morgan fingerprint density at radius 2 is 1.23 bits per heavy atom. The second kappa shape index (κ2) is 5.03. The van der Waals surface area contributed by atoms with Crippen molar-refractivity contribution in [3.8, 4) is 11.5 Å². The van der Waals surface area contributed by atoms with Crippen LogP contribution < -0.4 is 4.74 Å². The van der Waals surface area contributed by atoms with Gasteiger partial charge in [-0.05, 0) is 31.5 Å². The Bertz CT molecular complexity index is 782.